The number of hydrogen-bond donors (Lipinski definition) is 0. The molecule has 0 spiro atoms. The van der Waals surface area contributed by atoms with Crippen LogP contribution in [0, 0.1) is 0 Å². The minimum Gasteiger partial charge on any atom is -0.756 e. The fraction of sp³-hybridized carbons (Fsp3) is 0.937. The molecule has 0 aromatic carbocycles. The number of hydrogen-bond acceptors (Lipinski definition) is 8. The quantitative estimate of drug-likeness (QED) is 0.0195. The second kappa shape index (κ2) is 55.5. The lowest BCUT2D eigenvalue weighted by Crippen LogP contribution is -2.37. The first-order chi connectivity index (χ1) is 35.5. The van der Waals surface area contributed by atoms with Crippen LogP contribution in [0.4, 0.5) is 0 Å². The van der Waals surface area contributed by atoms with Crippen LogP contribution in [0.2, 0.25) is 0 Å². The maximum absolute atomic E-state index is 12.8. The highest BCUT2D eigenvalue weighted by Gasteiger charge is 2.22. The van der Waals surface area contributed by atoms with E-state index in [1.54, 1.807) is 0 Å². The Morgan fingerprint density at radius 2 is 0.699 bits per heavy atom. The van der Waals surface area contributed by atoms with Crippen molar-refractivity contribution in [1.29, 1.82) is 0 Å². The van der Waals surface area contributed by atoms with Gasteiger partial charge in [-0.15, -0.1) is 0 Å². The van der Waals surface area contributed by atoms with Gasteiger partial charge in [0, 0.05) is 12.8 Å². The number of likely N-dealkylation sites (N-methyl/N-ethyl adjacent to an activating group) is 1. The zero-order valence-corrected chi connectivity index (χ0v) is 50.3. The number of ether oxygens (including phenoxy) is 2. The van der Waals surface area contributed by atoms with Crippen molar-refractivity contribution in [2.24, 2.45) is 0 Å². The van der Waals surface area contributed by atoms with Gasteiger partial charge in [0.15, 0.2) is 6.10 Å². The molecule has 0 N–H and O–H groups in total. The molecule has 73 heavy (non-hydrogen) atoms. The maximum atomic E-state index is 12.8. The SMILES string of the molecule is CCCCCCCCCC/C=C\CCCCCCCCCCCCCCCCCCCCCCCCCCCCCC(=O)OC(COC(=O)CCCCCCCCCCCC)COP(=O)([O-])OCC[N+](C)(C)C. The van der Waals surface area contributed by atoms with Gasteiger partial charge in [0.25, 0.3) is 7.82 Å². The number of unbranched alkanes of at least 4 members (excludes halogenated alkanes) is 44. The Bertz CT molecular complexity index is 1240. The zero-order chi connectivity index (χ0) is 53.5. The van der Waals surface area contributed by atoms with E-state index in [0.717, 1.165) is 32.1 Å². The molecule has 0 amide bonds. The monoisotopic (exact) mass is 1050 g/mol. The van der Waals surface area contributed by atoms with Crippen molar-refractivity contribution in [3.63, 3.8) is 0 Å². The molecule has 0 fully saturated rings. The summed E-state index contributed by atoms with van der Waals surface area (Å²) in [6.07, 6.45) is 66.1. The zero-order valence-electron chi connectivity index (χ0n) is 49.4. The van der Waals surface area contributed by atoms with E-state index in [1.165, 1.54) is 263 Å². The van der Waals surface area contributed by atoms with Crippen LogP contribution in [0.3, 0.4) is 0 Å². The van der Waals surface area contributed by atoms with E-state index in [0.29, 0.717) is 17.4 Å². The Labute approximate surface area is 454 Å². The van der Waals surface area contributed by atoms with Crippen LogP contribution in [0.25, 0.3) is 0 Å². The van der Waals surface area contributed by atoms with Crippen molar-refractivity contribution >= 4 is 19.8 Å². The topological polar surface area (TPSA) is 111 Å². The van der Waals surface area contributed by atoms with E-state index in [9.17, 15) is 19.0 Å². The number of phosphoric ester groups is 1. The Hall–Kier alpha value is -1.25. The Morgan fingerprint density at radius 3 is 1.01 bits per heavy atom. The molecule has 0 saturated carbocycles. The summed E-state index contributed by atoms with van der Waals surface area (Å²) in [5.41, 5.74) is 0. The molecule has 2 unspecified atom stereocenters. The maximum Gasteiger partial charge on any atom is 0.306 e. The van der Waals surface area contributed by atoms with Gasteiger partial charge in [0.1, 0.15) is 19.8 Å². The third-order valence-electron chi connectivity index (χ3n) is 14.5. The lowest BCUT2D eigenvalue weighted by Gasteiger charge is -2.28. The first kappa shape index (κ1) is 71.8. The van der Waals surface area contributed by atoms with Gasteiger partial charge in [-0.2, -0.15) is 0 Å². The Morgan fingerprint density at radius 1 is 0.411 bits per heavy atom. The standard InChI is InChI=1S/C63H124NO8P/c1-6-8-10-12-14-16-18-19-20-21-22-23-24-25-26-27-28-29-30-31-32-33-34-35-36-37-38-39-40-41-42-43-44-45-46-48-50-52-54-56-63(66)72-61(60-71-73(67,68)70-58-57-64(3,4)5)59-69-62(65)55-53-51-49-47-17-15-13-11-9-7-2/h21-22,61H,6-20,23-60H2,1-5H3/b22-21-. The van der Waals surface area contributed by atoms with Gasteiger partial charge < -0.3 is 27.9 Å². The number of rotatable bonds is 60. The van der Waals surface area contributed by atoms with Crippen molar-refractivity contribution in [1.82, 2.24) is 0 Å². The molecule has 0 aromatic rings. The lowest BCUT2D eigenvalue weighted by atomic mass is 10.0. The van der Waals surface area contributed by atoms with Gasteiger partial charge >= 0.3 is 11.9 Å². The van der Waals surface area contributed by atoms with Crippen LogP contribution in [0.1, 0.15) is 328 Å². The van der Waals surface area contributed by atoms with Crippen molar-refractivity contribution in [3.8, 4) is 0 Å². The minimum atomic E-state index is -4.62. The number of allylic oxidation sites excluding steroid dienone is 2. The molecule has 0 rings (SSSR count). The molecule has 0 bridgehead atoms. The van der Waals surface area contributed by atoms with E-state index >= 15 is 0 Å². The normalized spacial score (nSPS) is 13.2. The highest BCUT2D eigenvalue weighted by Crippen LogP contribution is 2.38. The summed E-state index contributed by atoms with van der Waals surface area (Å²) in [7, 11) is 1.19. The molecule has 0 aliphatic rings. The first-order valence-corrected chi connectivity index (χ1v) is 33.4. The molecule has 10 heteroatoms. The summed E-state index contributed by atoms with van der Waals surface area (Å²) in [6, 6.07) is 0. The summed E-state index contributed by atoms with van der Waals surface area (Å²) < 4.78 is 34.1. The molecule has 9 nitrogen and oxygen atoms in total. The van der Waals surface area contributed by atoms with Gasteiger partial charge in [0.05, 0.1) is 27.7 Å². The summed E-state index contributed by atoms with van der Waals surface area (Å²) in [5, 5.41) is 0. The number of esters is 2. The van der Waals surface area contributed by atoms with Crippen LogP contribution < -0.4 is 4.89 Å². The van der Waals surface area contributed by atoms with E-state index in [1.807, 2.05) is 21.1 Å². The number of phosphoric acid groups is 1. The predicted molar refractivity (Wildman–Crippen MR) is 310 cm³/mol. The molecule has 0 aliphatic heterocycles. The number of nitrogens with zero attached hydrogens (tertiary/aromatic N) is 1. The van der Waals surface area contributed by atoms with Gasteiger partial charge in [-0.1, -0.05) is 289 Å². The lowest BCUT2D eigenvalue weighted by molar-refractivity contribution is -0.870. The molecular weight excluding hydrogens is 930 g/mol. The molecule has 2 atom stereocenters. The average molecular weight is 1050 g/mol. The first-order valence-electron chi connectivity index (χ1n) is 31.9. The third-order valence-corrected chi connectivity index (χ3v) is 15.5. The molecule has 0 saturated heterocycles. The predicted octanol–water partition coefficient (Wildman–Crippen LogP) is 19.4. The van der Waals surface area contributed by atoms with Crippen LogP contribution >= 0.6 is 7.82 Å². The van der Waals surface area contributed by atoms with Crippen molar-refractivity contribution in [2.75, 3.05) is 47.5 Å². The largest absolute Gasteiger partial charge is 0.756 e. The molecule has 0 heterocycles. The number of carbonyl (C=O) groups is 2. The van der Waals surface area contributed by atoms with E-state index in [2.05, 4.69) is 26.0 Å². The molecule has 434 valence electrons. The van der Waals surface area contributed by atoms with E-state index in [4.69, 9.17) is 18.5 Å². The van der Waals surface area contributed by atoms with Gasteiger partial charge in [0.2, 0.25) is 0 Å². The third kappa shape index (κ3) is 59.8. The van der Waals surface area contributed by atoms with Gasteiger partial charge in [-0.3, -0.25) is 14.2 Å². The summed E-state index contributed by atoms with van der Waals surface area (Å²) in [4.78, 5) is 37.7. The highest BCUT2D eigenvalue weighted by molar-refractivity contribution is 7.45. The fourth-order valence-corrected chi connectivity index (χ4v) is 10.3. The molecule has 0 radical (unpaired) electrons. The molecule has 0 aliphatic carbocycles. The Balaban J connectivity index is 3.79. The number of carbonyl (C=O) groups excluding carboxylic acids is 2. The number of quaternary nitrogens is 1. The van der Waals surface area contributed by atoms with Crippen LogP contribution in [-0.4, -0.2) is 70.0 Å². The van der Waals surface area contributed by atoms with E-state index in [-0.39, 0.29) is 32.0 Å². The van der Waals surface area contributed by atoms with Crippen LogP contribution in [-0.2, 0) is 32.7 Å². The van der Waals surface area contributed by atoms with Gasteiger partial charge in [-0.05, 0) is 38.5 Å². The average Bonchev–Trinajstić information content (AvgIpc) is 3.35. The van der Waals surface area contributed by atoms with Gasteiger partial charge in [-0.25, -0.2) is 0 Å². The van der Waals surface area contributed by atoms with Crippen LogP contribution in [0.15, 0.2) is 12.2 Å². The van der Waals surface area contributed by atoms with Crippen LogP contribution in [0.5, 0.6) is 0 Å². The minimum absolute atomic E-state index is 0.0261. The molecular formula is C63H124NO8P. The van der Waals surface area contributed by atoms with E-state index < -0.39 is 26.5 Å². The molecule has 0 aromatic heterocycles. The second-order valence-corrected chi connectivity index (χ2v) is 24.5. The summed E-state index contributed by atoms with van der Waals surface area (Å²) >= 11 is 0. The van der Waals surface area contributed by atoms with Crippen molar-refractivity contribution in [3.05, 3.63) is 12.2 Å². The Kier molecular flexibility index (Phi) is 54.6. The van der Waals surface area contributed by atoms with Crippen molar-refractivity contribution < 1.29 is 42.1 Å². The van der Waals surface area contributed by atoms with Crippen molar-refractivity contribution in [2.45, 2.75) is 335 Å². The summed E-state index contributed by atoms with van der Waals surface area (Å²) in [6.45, 7) is 4.27. The highest BCUT2D eigenvalue weighted by atomic mass is 31.2. The summed E-state index contributed by atoms with van der Waals surface area (Å²) in [5.74, 6) is -0.817. The second-order valence-electron chi connectivity index (χ2n) is 23.1. The fourth-order valence-electron chi connectivity index (χ4n) is 9.60. The smallest absolute Gasteiger partial charge is 0.306 e.